The Morgan fingerprint density at radius 2 is 1.29 bits per heavy atom. The number of benzene rings is 1. The molecule has 0 radical (unpaired) electrons. The molecule has 3 aliphatic rings. The van der Waals surface area contributed by atoms with Crippen molar-refractivity contribution in [3.8, 4) is 0 Å². The van der Waals surface area contributed by atoms with Gasteiger partial charge in [0.15, 0.2) is 30.3 Å². The highest BCUT2D eigenvalue weighted by atomic mass is 16.7. The van der Waals surface area contributed by atoms with Crippen LogP contribution in [0.5, 0.6) is 0 Å². The first kappa shape index (κ1) is 33.1. The minimum atomic E-state index is -2.41. The Balaban J connectivity index is 1.54. The van der Waals surface area contributed by atoms with Gasteiger partial charge in [-0.15, -0.1) is 0 Å². The van der Waals surface area contributed by atoms with Gasteiger partial charge in [0.05, 0.1) is 37.9 Å². The molecule has 2 unspecified atom stereocenters. The number of carbonyl (C=O) groups is 1. The van der Waals surface area contributed by atoms with Crippen molar-refractivity contribution in [3.05, 3.63) is 35.9 Å². The topological polar surface area (TPSA) is 303 Å². The lowest BCUT2D eigenvalue weighted by Crippen LogP contribution is -2.73. The first-order chi connectivity index (χ1) is 19.9. The lowest BCUT2D eigenvalue weighted by atomic mass is 9.81. The fourth-order valence-corrected chi connectivity index (χ4v) is 5.30. The molecule has 14 N–H and O–H groups in total. The van der Waals surface area contributed by atoms with Gasteiger partial charge in [0.25, 0.3) is 0 Å². The van der Waals surface area contributed by atoms with Crippen LogP contribution in [0, 0.1) is 0 Å². The third kappa shape index (κ3) is 5.97. The summed E-state index contributed by atoms with van der Waals surface area (Å²) in [5.41, 5.74) is 15.6. The van der Waals surface area contributed by atoms with Crippen molar-refractivity contribution in [2.75, 3.05) is 19.8 Å². The first-order valence-corrected chi connectivity index (χ1v) is 13.3. The average molecular weight is 606 g/mol. The van der Waals surface area contributed by atoms with Crippen molar-refractivity contribution in [2.24, 2.45) is 17.2 Å². The molecule has 0 spiro atoms. The quantitative estimate of drug-likeness (QED) is 0.117. The van der Waals surface area contributed by atoms with Crippen molar-refractivity contribution < 1.29 is 69.3 Å². The molecule has 3 saturated heterocycles. The van der Waals surface area contributed by atoms with E-state index in [0.717, 1.165) is 0 Å². The lowest BCUT2D eigenvalue weighted by molar-refractivity contribution is -0.354. The molecule has 42 heavy (non-hydrogen) atoms. The number of ketones is 1. The summed E-state index contributed by atoms with van der Waals surface area (Å²) in [7, 11) is 0. The van der Waals surface area contributed by atoms with Crippen LogP contribution in [0.1, 0.15) is 10.4 Å². The number of rotatable bonds is 9. The summed E-state index contributed by atoms with van der Waals surface area (Å²) in [6.45, 7) is -2.56. The van der Waals surface area contributed by atoms with Crippen LogP contribution < -0.4 is 17.2 Å². The Kier molecular flexibility index (Phi) is 10.6. The van der Waals surface area contributed by atoms with E-state index in [-0.39, 0.29) is 5.56 Å². The molecule has 17 heteroatoms. The number of carbonyl (C=O) groups excluding carboxylic acids is 1. The smallest absolute Gasteiger partial charge is 0.199 e. The van der Waals surface area contributed by atoms with Gasteiger partial charge in [-0.1, -0.05) is 30.3 Å². The Labute approximate surface area is 239 Å². The van der Waals surface area contributed by atoms with Crippen molar-refractivity contribution in [2.45, 2.75) is 91.4 Å². The van der Waals surface area contributed by atoms with Crippen LogP contribution in [0.4, 0.5) is 0 Å². The van der Waals surface area contributed by atoms with Gasteiger partial charge in [-0.25, -0.2) is 0 Å². The molecule has 3 heterocycles. The summed E-state index contributed by atoms with van der Waals surface area (Å²) in [5, 5.41) is 82.8. The zero-order valence-corrected chi connectivity index (χ0v) is 22.4. The molecule has 4 rings (SSSR count). The Morgan fingerprint density at radius 1 is 0.762 bits per heavy atom. The van der Waals surface area contributed by atoms with Gasteiger partial charge in [-0.3, -0.25) is 4.79 Å². The van der Waals surface area contributed by atoms with E-state index in [2.05, 4.69) is 0 Å². The fourth-order valence-electron chi connectivity index (χ4n) is 5.30. The van der Waals surface area contributed by atoms with Gasteiger partial charge >= 0.3 is 0 Å². The summed E-state index contributed by atoms with van der Waals surface area (Å²) in [6.07, 6.45) is -17.4. The van der Waals surface area contributed by atoms with Crippen molar-refractivity contribution in [1.29, 1.82) is 0 Å². The number of aliphatic hydroxyl groups excluding tert-OH is 8. The molecule has 1 aromatic rings. The summed E-state index contributed by atoms with van der Waals surface area (Å²) < 4.78 is 28.1. The molecule has 238 valence electrons. The van der Waals surface area contributed by atoms with Crippen molar-refractivity contribution in [3.63, 3.8) is 0 Å². The van der Waals surface area contributed by atoms with E-state index in [1.807, 2.05) is 0 Å². The molecule has 3 fully saturated rings. The molecule has 15 atom stereocenters. The van der Waals surface area contributed by atoms with Crippen LogP contribution in [0.3, 0.4) is 0 Å². The number of aliphatic hydroxyl groups is 8. The summed E-state index contributed by atoms with van der Waals surface area (Å²) >= 11 is 0. The van der Waals surface area contributed by atoms with E-state index in [0.29, 0.717) is 0 Å². The molecule has 1 aromatic carbocycles. The Morgan fingerprint density at radius 3 is 1.86 bits per heavy atom. The van der Waals surface area contributed by atoms with Crippen LogP contribution in [0.25, 0.3) is 0 Å². The SMILES string of the molecule is N[C@H]1[C@@H](OC2[C@@H](CO)O[C@@H](OC3[C@@H](CO)O[C@@H](O)[C@H](N)[C@H]3O)[C@H](N)[C@H]2O)O[C@@](CO)(C(=O)c2ccccc2)[C@@H](O)[C@@H]1O. The fraction of sp³-hybridized carbons (Fsp3) is 0.720. The monoisotopic (exact) mass is 605 g/mol. The predicted octanol–water partition coefficient (Wildman–Crippen LogP) is -6.42. The molecule has 0 saturated carbocycles. The number of hydrogen-bond acceptors (Lipinski definition) is 17. The highest BCUT2D eigenvalue weighted by molar-refractivity contribution is 6.03. The highest BCUT2D eigenvalue weighted by Gasteiger charge is 2.59. The van der Waals surface area contributed by atoms with E-state index in [4.69, 9.17) is 40.9 Å². The van der Waals surface area contributed by atoms with Crippen LogP contribution >= 0.6 is 0 Å². The minimum Gasteiger partial charge on any atom is -0.394 e. The lowest BCUT2D eigenvalue weighted by Gasteiger charge is -2.50. The maximum absolute atomic E-state index is 13.4. The van der Waals surface area contributed by atoms with Gasteiger partial charge in [0, 0.05) is 5.56 Å². The minimum absolute atomic E-state index is 0.0469. The molecule has 0 bridgehead atoms. The maximum Gasteiger partial charge on any atom is 0.199 e. The number of Topliss-reactive ketones (excluding diaryl/α,β-unsaturated/α-hetero) is 1. The first-order valence-electron chi connectivity index (χ1n) is 13.3. The van der Waals surface area contributed by atoms with E-state index < -0.39 is 117 Å². The largest absolute Gasteiger partial charge is 0.394 e. The van der Waals surface area contributed by atoms with Crippen LogP contribution in [-0.4, -0.2) is 158 Å². The van der Waals surface area contributed by atoms with Gasteiger partial charge < -0.3 is 81.7 Å². The van der Waals surface area contributed by atoms with Gasteiger partial charge in [-0.2, -0.15) is 0 Å². The van der Waals surface area contributed by atoms with Gasteiger partial charge in [0.2, 0.25) is 0 Å². The molecule has 3 aliphatic heterocycles. The summed E-state index contributed by atoms with van der Waals surface area (Å²) in [4.78, 5) is 13.4. The second kappa shape index (κ2) is 13.5. The van der Waals surface area contributed by atoms with Crippen molar-refractivity contribution in [1.82, 2.24) is 0 Å². The molecular weight excluding hydrogens is 566 g/mol. The molecular formula is C25H39N3O14. The molecule has 0 aromatic heterocycles. The third-order valence-corrected chi connectivity index (χ3v) is 7.90. The molecule has 0 aliphatic carbocycles. The zero-order chi connectivity index (χ0) is 30.9. The Hall–Kier alpha value is -1.75. The van der Waals surface area contributed by atoms with E-state index in [1.54, 1.807) is 18.2 Å². The predicted molar refractivity (Wildman–Crippen MR) is 137 cm³/mol. The van der Waals surface area contributed by atoms with Gasteiger partial charge in [-0.05, 0) is 0 Å². The van der Waals surface area contributed by atoms with E-state index in [1.165, 1.54) is 12.1 Å². The normalized spacial score (nSPS) is 46.4. The molecule has 17 nitrogen and oxygen atoms in total. The van der Waals surface area contributed by atoms with Crippen LogP contribution in [0.15, 0.2) is 30.3 Å². The number of nitrogens with two attached hydrogens (primary N) is 3. The number of ether oxygens (including phenoxy) is 5. The van der Waals surface area contributed by atoms with Crippen LogP contribution in [0.2, 0.25) is 0 Å². The second-order valence-corrected chi connectivity index (χ2v) is 10.6. The molecule has 0 amide bonds. The Bertz CT molecular complexity index is 1040. The van der Waals surface area contributed by atoms with Crippen LogP contribution in [-0.2, 0) is 23.7 Å². The zero-order valence-electron chi connectivity index (χ0n) is 22.4. The van der Waals surface area contributed by atoms with Crippen molar-refractivity contribution >= 4 is 5.78 Å². The number of hydrogen-bond donors (Lipinski definition) is 11. The maximum atomic E-state index is 13.4. The van der Waals surface area contributed by atoms with Gasteiger partial charge in [0.1, 0.15) is 48.8 Å². The average Bonchev–Trinajstić information content (AvgIpc) is 3.00. The standard InChI is InChI=1S/C25H39N3O14/c26-12-15(32)18(10(6-29)38-22(12)37)40-23-13(27)16(33)19(11(7-30)39-23)41-24-14(28)17(34)21(36)25(8-31,42-24)20(35)9-4-2-1-3-5-9/h1-5,10-19,21-24,29-34,36-37H,6-8,26-28H2/t10-,11-,12-,13-,14-,15-,16-,17-,18?,19?,21+,22-,23+,24+,25+/m1/s1. The highest BCUT2D eigenvalue weighted by Crippen LogP contribution is 2.35. The summed E-state index contributed by atoms with van der Waals surface area (Å²) in [6, 6.07) is 3.30. The third-order valence-electron chi connectivity index (χ3n) is 7.90. The summed E-state index contributed by atoms with van der Waals surface area (Å²) in [5.74, 6) is -0.878. The van der Waals surface area contributed by atoms with E-state index in [9.17, 15) is 45.6 Å². The second-order valence-electron chi connectivity index (χ2n) is 10.6. The van der Waals surface area contributed by atoms with E-state index >= 15 is 0 Å².